The van der Waals surface area contributed by atoms with E-state index in [1.165, 1.54) is 24.4 Å². The number of amides is 1. The molecule has 4 nitrogen and oxygen atoms in total. The summed E-state index contributed by atoms with van der Waals surface area (Å²) in [5.41, 5.74) is 2.84. The van der Waals surface area contributed by atoms with E-state index in [1.54, 1.807) is 31.2 Å². The van der Waals surface area contributed by atoms with Gasteiger partial charge in [-0.2, -0.15) is 5.10 Å². The molecule has 2 aromatic rings. The maximum absolute atomic E-state index is 13.0. The van der Waals surface area contributed by atoms with Crippen molar-refractivity contribution in [3.05, 3.63) is 63.9 Å². The van der Waals surface area contributed by atoms with E-state index in [4.69, 9.17) is 27.9 Å². The van der Waals surface area contributed by atoms with Crippen molar-refractivity contribution in [3.8, 4) is 5.75 Å². The van der Waals surface area contributed by atoms with Gasteiger partial charge in [0.2, 0.25) is 0 Å². The lowest BCUT2D eigenvalue weighted by Gasteiger charge is -2.14. The minimum atomic E-state index is -0.821. The van der Waals surface area contributed by atoms with Crippen molar-refractivity contribution in [2.45, 2.75) is 13.0 Å². The largest absolute Gasteiger partial charge is 0.479 e. The van der Waals surface area contributed by atoms with Gasteiger partial charge in [0.25, 0.3) is 5.91 Å². The van der Waals surface area contributed by atoms with E-state index in [2.05, 4.69) is 10.5 Å². The third-order valence-electron chi connectivity index (χ3n) is 2.80. The highest BCUT2D eigenvalue weighted by atomic mass is 35.5. The monoisotopic (exact) mass is 354 g/mol. The molecule has 1 N–H and O–H groups in total. The molecule has 0 saturated heterocycles. The summed E-state index contributed by atoms with van der Waals surface area (Å²) >= 11 is 11.8. The minimum Gasteiger partial charge on any atom is -0.479 e. The first-order valence-electron chi connectivity index (χ1n) is 6.66. The molecule has 0 heterocycles. The number of nitrogens with one attached hydrogen (secondary N) is 1. The lowest BCUT2D eigenvalue weighted by Crippen LogP contribution is -2.33. The normalized spacial score (nSPS) is 12.2. The van der Waals surface area contributed by atoms with Crippen LogP contribution in [0.4, 0.5) is 4.39 Å². The van der Waals surface area contributed by atoms with Crippen molar-refractivity contribution < 1.29 is 13.9 Å². The van der Waals surface area contributed by atoms with Crippen LogP contribution < -0.4 is 10.2 Å². The molecule has 0 aliphatic rings. The number of benzene rings is 2. The van der Waals surface area contributed by atoms with Gasteiger partial charge in [-0.3, -0.25) is 4.79 Å². The number of hydrogen-bond acceptors (Lipinski definition) is 3. The number of hydrogen-bond donors (Lipinski definition) is 1. The molecule has 1 atom stereocenters. The zero-order valence-corrected chi connectivity index (χ0v) is 13.6. The van der Waals surface area contributed by atoms with E-state index in [-0.39, 0.29) is 5.82 Å². The minimum absolute atomic E-state index is 0.306. The Bertz CT molecular complexity index is 738. The standard InChI is InChI=1S/C16H13Cl2FN2O2/c1-10(23-15-6-5-12(17)8-14(15)18)16(22)21-20-9-11-3-2-4-13(19)7-11/h2-10H,1H3,(H,21,22)/b20-9+. The van der Waals surface area contributed by atoms with Gasteiger partial charge >= 0.3 is 0 Å². The summed E-state index contributed by atoms with van der Waals surface area (Å²) in [4.78, 5) is 11.9. The van der Waals surface area contributed by atoms with Crippen LogP contribution in [0.5, 0.6) is 5.75 Å². The summed E-state index contributed by atoms with van der Waals surface area (Å²) in [6.45, 7) is 1.55. The molecule has 0 saturated carbocycles. The Kier molecular flexibility index (Phi) is 5.96. The fourth-order valence-corrected chi connectivity index (χ4v) is 2.12. The molecular weight excluding hydrogens is 342 g/mol. The number of rotatable bonds is 5. The molecule has 2 aromatic carbocycles. The highest BCUT2D eigenvalue weighted by Crippen LogP contribution is 2.28. The Labute approximate surface area is 142 Å². The molecule has 0 bridgehead atoms. The Morgan fingerprint density at radius 3 is 2.78 bits per heavy atom. The highest BCUT2D eigenvalue weighted by Gasteiger charge is 2.15. The molecule has 120 valence electrons. The van der Waals surface area contributed by atoms with Crippen LogP contribution in [0.15, 0.2) is 47.6 Å². The van der Waals surface area contributed by atoms with Crippen LogP contribution >= 0.6 is 23.2 Å². The third kappa shape index (κ3) is 5.23. The summed E-state index contributed by atoms with van der Waals surface area (Å²) in [5, 5.41) is 4.53. The Morgan fingerprint density at radius 2 is 2.09 bits per heavy atom. The van der Waals surface area contributed by atoms with Gasteiger partial charge in [-0.05, 0) is 42.8 Å². The van der Waals surface area contributed by atoms with Gasteiger partial charge in [0.05, 0.1) is 11.2 Å². The fourth-order valence-electron chi connectivity index (χ4n) is 1.66. The molecule has 23 heavy (non-hydrogen) atoms. The average molecular weight is 355 g/mol. The van der Waals surface area contributed by atoms with Crippen LogP contribution in [0.3, 0.4) is 0 Å². The summed E-state index contributed by atoms with van der Waals surface area (Å²) in [5.74, 6) is -0.508. The van der Waals surface area contributed by atoms with Gasteiger partial charge in [-0.25, -0.2) is 9.82 Å². The molecule has 1 unspecified atom stereocenters. The summed E-state index contributed by atoms with van der Waals surface area (Å²) in [6, 6.07) is 10.5. The van der Waals surface area contributed by atoms with Crippen LogP contribution in [0.2, 0.25) is 10.0 Å². The fraction of sp³-hybridized carbons (Fsp3) is 0.125. The number of halogens is 3. The SMILES string of the molecule is CC(Oc1ccc(Cl)cc1Cl)C(=O)N/N=C/c1cccc(F)c1. The average Bonchev–Trinajstić information content (AvgIpc) is 2.50. The van der Waals surface area contributed by atoms with Crippen LogP contribution in [-0.2, 0) is 4.79 Å². The van der Waals surface area contributed by atoms with E-state index >= 15 is 0 Å². The van der Waals surface area contributed by atoms with E-state index < -0.39 is 12.0 Å². The molecule has 1 amide bonds. The molecule has 0 aromatic heterocycles. The van der Waals surface area contributed by atoms with Crippen molar-refractivity contribution in [2.24, 2.45) is 5.10 Å². The number of nitrogens with zero attached hydrogens (tertiary/aromatic N) is 1. The third-order valence-corrected chi connectivity index (χ3v) is 3.33. The molecule has 0 aliphatic carbocycles. The first kappa shape index (κ1) is 17.2. The molecule has 0 spiro atoms. The van der Waals surface area contributed by atoms with E-state index in [1.807, 2.05) is 0 Å². The van der Waals surface area contributed by atoms with Gasteiger partial charge in [0, 0.05) is 5.02 Å². The predicted octanol–water partition coefficient (Wildman–Crippen LogP) is 4.05. The van der Waals surface area contributed by atoms with Gasteiger partial charge in [0.15, 0.2) is 6.10 Å². The Morgan fingerprint density at radius 1 is 1.30 bits per heavy atom. The van der Waals surface area contributed by atoms with Crippen molar-refractivity contribution in [1.29, 1.82) is 0 Å². The number of hydrazone groups is 1. The molecule has 0 aliphatic heterocycles. The van der Waals surface area contributed by atoms with Gasteiger partial charge in [0.1, 0.15) is 11.6 Å². The van der Waals surface area contributed by atoms with Crippen LogP contribution in [0, 0.1) is 5.82 Å². The van der Waals surface area contributed by atoms with E-state index in [0.717, 1.165) is 0 Å². The number of carbonyl (C=O) groups is 1. The van der Waals surface area contributed by atoms with Crippen molar-refractivity contribution in [1.82, 2.24) is 5.43 Å². The molecular formula is C16H13Cl2FN2O2. The number of ether oxygens (including phenoxy) is 1. The maximum Gasteiger partial charge on any atom is 0.280 e. The van der Waals surface area contributed by atoms with Gasteiger partial charge in [-0.15, -0.1) is 0 Å². The molecule has 2 rings (SSSR count). The van der Waals surface area contributed by atoms with Gasteiger partial charge < -0.3 is 4.74 Å². The maximum atomic E-state index is 13.0. The second-order valence-electron chi connectivity index (χ2n) is 4.62. The quantitative estimate of drug-likeness (QED) is 0.650. The van der Waals surface area contributed by atoms with Crippen molar-refractivity contribution >= 4 is 35.3 Å². The Balaban J connectivity index is 1.92. The second-order valence-corrected chi connectivity index (χ2v) is 5.47. The lowest BCUT2D eigenvalue weighted by molar-refractivity contribution is -0.127. The second kappa shape index (κ2) is 7.94. The summed E-state index contributed by atoms with van der Waals surface area (Å²) < 4.78 is 18.4. The molecule has 0 radical (unpaired) electrons. The van der Waals surface area contributed by atoms with Crippen molar-refractivity contribution in [2.75, 3.05) is 0 Å². The van der Waals surface area contributed by atoms with Gasteiger partial charge in [-0.1, -0.05) is 35.3 Å². The zero-order valence-electron chi connectivity index (χ0n) is 12.1. The van der Waals surface area contributed by atoms with E-state index in [0.29, 0.717) is 21.4 Å². The predicted molar refractivity (Wildman–Crippen MR) is 88.7 cm³/mol. The molecule has 0 fully saturated rings. The Hall–Kier alpha value is -2.11. The molecule has 7 heteroatoms. The smallest absolute Gasteiger partial charge is 0.280 e. The first-order valence-corrected chi connectivity index (χ1v) is 7.41. The lowest BCUT2D eigenvalue weighted by atomic mass is 10.2. The summed E-state index contributed by atoms with van der Waals surface area (Å²) in [7, 11) is 0. The van der Waals surface area contributed by atoms with E-state index in [9.17, 15) is 9.18 Å². The van der Waals surface area contributed by atoms with Crippen LogP contribution in [0.1, 0.15) is 12.5 Å². The topological polar surface area (TPSA) is 50.7 Å². The highest BCUT2D eigenvalue weighted by molar-refractivity contribution is 6.35. The number of carbonyl (C=O) groups excluding carboxylic acids is 1. The van der Waals surface area contributed by atoms with Crippen molar-refractivity contribution in [3.63, 3.8) is 0 Å². The summed E-state index contributed by atoms with van der Waals surface area (Å²) in [6.07, 6.45) is 0.515. The first-order chi connectivity index (χ1) is 11.0. The van der Waals surface area contributed by atoms with Crippen LogP contribution in [0.25, 0.3) is 0 Å². The zero-order chi connectivity index (χ0) is 16.8. The van der Waals surface area contributed by atoms with Crippen LogP contribution in [-0.4, -0.2) is 18.2 Å².